The number of ether oxygens (including phenoxy) is 1. The SMILES string of the molecule is CCOC(=O)c1[nH]nc(C(=O)O)c1[C@@H]1CCCN1. The lowest BCUT2D eigenvalue weighted by Gasteiger charge is -2.11. The molecule has 0 bridgehead atoms. The molecule has 1 saturated heterocycles. The van der Waals surface area contributed by atoms with Crippen molar-refractivity contribution in [2.45, 2.75) is 25.8 Å². The molecule has 7 heteroatoms. The Morgan fingerprint density at radius 2 is 2.33 bits per heavy atom. The minimum Gasteiger partial charge on any atom is -0.476 e. The Morgan fingerprint density at radius 3 is 2.89 bits per heavy atom. The van der Waals surface area contributed by atoms with Crippen molar-refractivity contribution in [2.75, 3.05) is 13.2 Å². The smallest absolute Gasteiger partial charge is 0.356 e. The van der Waals surface area contributed by atoms with Gasteiger partial charge in [-0.2, -0.15) is 5.10 Å². The number of nitrogens with zero attached hydrogens (tertiary/aromatic N) is 1. The van der Waals surface area contributed by atoms with E-state index >= 15 is 0 Å². The van der Waals surface area contributed by atoms with E-state index in [4.69, 9.17) is 9.84 Å². The van der Waals surface area contributed by atoms with Gasteiger partial charge in [-0.3, -0.25) is 5.10 Å². The number of carboxylic acids is 1. The van der Waals surface area contributed by atoms with E-state index in [1.165, 1.54) is 0 Å². The van der Waals surface area contributed by atoms with E-state index in [1.807, 2.05) is 0 Å². The molecular weight excluding hydrogens is 238 g/mol. The molecule has 1 fully saturated rings. The number of aromatic nitrogens is 2. The van der Waals surface area contributed by atoms with Crippen LogP contribution in [-0.2, 0) is 4.74 Å². The zero-order valence-corrected chi connectivity index (χ0v) is 10.0. The van der Waals surface area contributed by atoms with E-state index < -0.39 is 11.9 Å². The Morgan fingerprint density at radius 1 is 1.56 bits per heavy atom. The third kappa shape index (κ3) is 2.21. The largest absolute Gasteiger partial charge is 0.476 e. The van der Waals surface area contributed by atoms with E-state index in [-0.39, 0.29) is 24.0 Å². The lowest BCUT2D eigenvalue weighted by molar-refractivity contribution is 0.0517. The molecule has 3 N–H and O–H groups in total. The van der Waals surface area contributed by atoms with Gasteiger partial charge in [0.05, 0.1) is 6.61 Å². The second-order valence-corrected chi connectivity index (χ2v) is 4.04. The molecule has 0 radical (unpaired) electrons. The molecule has 1 aliphatic heterocycles. The highest BCUT2D eigenvalue weighted by Gasteiger charge is 2.31. The lowest BCUT2D eigenvalue weighted by Crippen LogP contribution is -2.19. The third-order valence-electron chi connectivity index (χ3n) is 2.89. The Bertz CT molecular complexity index is 463. The van der Waals surface area contributed by atoms with Gasteiger partial charge in [0.2, 0.25) is 0 Å². The van der Waals surface area contributed by atoms with Gasteiger partial charge in [0.1, 0.15) is 5.69 Å². The maximum atomic E-state index is 11.7. The van der Waals surface area contributed by atoms with Crippen LogP contribution in [0.5, 0.6) is 0 Å². The maximum Gasteiger partial charge on any atom is 0.356 e. The Balaban J connectivity index is 2.40. The molecule has 0 spiro atoms. The highest BCUT2D eigenvalue weighted by molar-refractivity contribution is 5.95. The van der Waals surface area contributed by atoms with Gasteiger partial charge in [0.15, 0.2) is 5.69 Å². The summed E-state index contributed by atoms with van der Waals surface area (Å²) < 4.78 is 4.89. The fourth-order valence-electron chi connectivity index (χ4n) is 2.14. The number of carbonyl (C=O) groups excluding carboxylic acids is 1. The van der Waals surface area contributed by atoms with Crippen LogP contribution in [0.25, 0.3) is 0 Å². The fourth-order valence-corrected chi connectivity index (χ4v) is 2.14. The van der Waals surface area contributed by atoms with Crippen LogP contribution in [0.1, 0.15) is 52.3 Å². The highest BCUT2D eigenvalue weighted by atomic mass is 16.5. The number of nitrogens with one attached hydrogen (secondary N) is 2. The summed E-state index contributed by atoms with van der Waals surface area (Å²) in [7, 11) is 0. The number of hydrogen-bond acceptors (Lipinski definition) is 5. The first kappa shape index (κ1) is 12.6. The standard InChI is InChI=1S/C11H15N3O4/c1-2-18-11(17)9-7(6-4-3-5-12-6)8(10(15)16)13-14-9/h6,12H,2-5H2,1H3,(H,13,14)(H,15,16)/t6-/m0/s1. The summed E-state index contributed by atoms with van der Waals surface area (Å²) in [5.74, 6) is -1.72. The Kier molecular flexibility index (Phi) is 3.61. The molecule has 98 valence electrons. The van der Waals surface area contributed by atoms with Crippen molar-refractivity contribution < 1.29 is 19.4 Å². The number of aromatic carboxylic acids is 1. The number of H-pyrrole nitrogens is 1. The number of carboxylic acid groups (broad SMARTS) is 1. The Hall–Kier alpha value is -1.89. The van der Waals surface area contributed by atoms with Crippen molar-refractivity contribution in [3.63, 3.8) is 0 Å². The number of aromatic amines is 1. The summed E-state index contributed by atoms with van der Waals surface area (Å²) >= 11 is 0. The van der Waals surface area contributed by atoms with Crippen molar-refractivity contribution in [3.8, 4) is 0 Å². The monoisotopic (exact) mass is 253 g/mol. The van der Waals surface area contributed by atoms with Crippen molar-refractivity contribution in [1.29, 1.82) is 0 Å². The van der Waals surface area contributed by atoms with Crippen LogP contribution in [0.15, 0.2) is 0 Å². The van der Waals surface area contributed by atoms with E-state index in [2.05, 4.69) is 15.5 Å². The average Bonchev–Trinajstić information content (AvgIpc) is 2.97. The fraction of sp³-hybridized carbons (Fsp3) is 0.545. The first-order valence-electron chi connectivity index (χ1n) is 5.87. The van der Waals surface area contributed by atoms with Gasteiger partial charge in [0.25, 0.3) is 0 Å². The first-order valence-corrected chi connectivity index (χ1v) is 5.87. The van der Waals surface area contributed by atoms with Crippen molar-refractivity contribution >= 4 is 11.9 Å². The summed E-state index contributed by atoms with van der Waals surface area (Å²) in [4.78, 5) is 22.9. The number of rotatable bonds is 4. The second-order valence-electron chi connectivity index (χ2n) is 4.04. The van der Waals surface area contributed by atoms with E-state index in [9.17, 15) is 9.59 Å². The molecule has 0 amide bonds. The van der Waals surface area contributed by atoms with Gasteiger partial charge in [0, 0.05) is 11.6 Å². The summed E-state index contributed by atoms with van der Waals surface area (Å²) in [6.07, 6.45) is 1.73. The maximum absolute atomic E-state index is 11.7. The normalized spacial score (nSPS) is 18.8. The van der Waals surface area contributed by atoms with Crippen LogP contribution in [0.4, 0.5) is 0 Å². The summed E-state index contributed by atoms with van der Waals surface area (Å²) in [6.45, 7) is 2.73. The van der Waals surface area contributed by atoms with Crippen LogP contribution in [0.3, 0.4) is 0 Å². The van der Waals surface area contributed by atoms with Crippen LogP contribution >= 0.6 is 0 Å². The molecule has 1 aliphatic rings. The molecule has 1 aromatic rings. The molecule has 0 saturated carbocycles. The van der Waals surface area contributed by atoms with Crippen molar-refractivity contribution in [2.24, 2.45) is 0 Å². The molecule has 18 heavy (non-hydrogen) atoms. The van der Waals surface area contributed by atoms with Gasteiger partial charge < -0.3 is 15.2 Å². The van der Waals surface area contributed by atoms with Crippen LogP contribution < -0.4 is 5.32 Å². The zero-order chi connectivity index (χ0) is 13.1. The van der Waals surface area contributed by atoms with Gasteiger partial charge >= 0.3 is 11.9 Å². The molecular formula is C11H15N3O4. The summed E-state index contributed by atoms with van der Waals surface area (Å²) in [5.41, 5.74) is 0.421. The predicted molar refractivity (Wildman–Crippen MR) is 61.5 cm³/mol. The highest BCUT2D eigenvalue weighted by Crippen LogP contribution is 2.28. The Labute approximate surface area is 104 Å². The molecule has 0 unspecified atom stereocenters. The van der Waals surface area contributed by atoms with Gasteiger partial charge in [-0.15, -0.1) is 0 Å². The molecule has 1 aromatic heterocycles. The quantitative estimate of drug-likeness (QED) is 0.682. The van der Waals surface area contributed by atoms with Crippen LogP contribution in [-0.4, -0.2) is 40.4 Å². The molecule has 7 nitrogen and oxygen atoms in total. The molecule has 1 atom stereocenters. The minimum atomic E-state index is -1.15. The minimum absolute atomic E-state index is 0.113. The van der Waals surface area contributed by atoms with Crippen LogP contribution in [0.2, 0.25) is 0 Å². The molecule has 2 heterocycles. The average molecular weight is 253 g/mol. The van der Waals surface area contributed by atoms with E-state index in [1.54, 1.807) is 6.92 Å². The summed E-state index contributed by atoms with van der Waals surface area (Å²) in [6, 6.07) is -0.158. The molecule has 2 rings (SSSR count). The van der Waals surface area contributed by atoms with E-state index in [0.29, 0.717) is 5.56 Å². The van der Waals surface area contributed by atoms with Gasteiger partial charge in [-0.25, -0.2) is 9.59 Å². The second kappa shape index (κ2) is 5.18. The topological polar surface area (TPSA) is 104 Å². The number of esters is 1. The van der Waals surface area contributed by atoms with Crippen molar-refractivity contribution in [1.82, 2.24) is 15.5 Å². The zero-order valence-electron chi connectivity index (χ0n) is 10.0. The van der Waals surface area contributed by atoms with E-state index in [0.717, 1.165) is 19.4 Å². The first-order chi connectivity index (χ1) is 8.65. The predicted octanol–water partition coefficient (Wildman–Crippen LogP) is 0.709. The molecule has 0 aromatic carbocycles. The third-order valence-corrected chi connectivity index (χ3v) is 2.89. The van der Waals surface area contributed by atoms with Crippen LogP contribution in [0, 0.1) is 0 Å². The number of hydrogen-bond donors (Lipinski definition) is 3. The van der Waals surface area contributed by atoms with Gasteiger partial charge in [-0.05, 0) is 26.3 Å². The van der Waals surface area contributed by atoms with Gasteiger partial charge in [-0.1, -0.05) is 0 Å². The number of carbonyl (C=O) groups is 2. The van der Waals surface area contributed by atoms with Crippen molar-refractivity contribution in [3.05, 3.63) is 17.0 Å². The summed E-state index contributed by atoms with van der Waals surface area (Å²) in [5, 5.41) is 18.4. The molecule has 0 aliphatic carbocycles. The lowest BCUT2D eigenvalue weighted by atomic mass is 10.0.